The van der Waals surface area contributed by atoms with Crippen molar-refractivity contribution in [2.45, 2.75) is 50.8 Å². The molecule has 0 saturated carbocycles. The topological polar surface area (TPSA) is 126 Å². The van der Waals surface area contributed by atoms with Gasteiger partial charge >= 0.3 is 0 Å². The van der Waals surface area contributed by atoms with Gasteiger partial charge in [-0.1, -0.05) is 32.6 Å². The Labute approximate surface area is 257 Å². The van der Waals surface area contributed by atoms with Crippen molar-refractivity contribution in [2.75, 3.05) is 12.4 Å². The van der Waals surface area contributed by atoms with Crippen LogP contribution in [0.25, 0.3) is 22.6 Å². The summed E-state index contributed by atoms with van der Waals surface area (Å²) in [6, 6.07) is 19.2. The van der Waals surface area contributed by atoms with Gasteiger partial charge in [-0.25, -0.2) is 13.4 Å². The van der Waals surface area contributed by atoms with Crippen molar-refractivity contribution in [1.82, 2.24) is 19.1 Å². The first-order valence-corrected chi connectivity index (χ1v) is 19.7. The van der Waals surface area contributed by atoms with Crippen molar-refractivity contribution in [3.05, 3.63) is 95.0 Å². The van der Waals surface area contributed by atoms with E-state index in [-0.39, 0.29) is 35.2 Å². The molecule has 44 heavy (non-hydrogen) atoms. The molecule has 2 aromatic carbocycles. The van der Waals surface area contributed by atoms with Gasteiger partial charge in [0.25, 0.3) is 5.56 Å². The van der Waals surface area contributed by atoms with Crippen LogP contribution >= 0.6 is 0 Å². The van der Waals surface area contributed by atoms with E-state index >= 15 is 0 Å². The van der Waals surface area contributed by atoms with E-state index in [4.69, 9.17) is 14.5 Å². The standard InChI is InChI=1S/C32H36N4O6SSi/c1-5-43(39,40)26-11-9-25(10-12-26)42-30-20-28-29(18-23(30)21-35-15-13-24(37)19-31(35)38)36(22-41-16-17-44(2,3)4)32(34-28)27-8-6-7-14-33-27/h6-15,18-20,37H,5,16-17,21-22H2,1-4H3. The quantitative estimate of drug-likeness (QED) is 0.133. The second-order valence-corrected chi connectivity index (χ2v) is 19.6. The molecule has 0 fully saturated rings. The highest BCUT2D eigenvalue weighted by Crippen LogP contribution is 2.33. The highest BCUT2D eigenvalue weighted by molar-refractivity contribution is 7.91. The van der Waals surface area contributed by atoms with Gasteiger partial charge in [0.1, 0.15) is 29.7 Å². The Hall–Kier alpha value is -4.26. The van der Waals surface area contributed by atoms with Gasteiger partial charge in [-0.3, -0.25) is 14.3 Å². The number of hydrogen-bond acceptors (Lipinski definition) is 8. The fraction of sp³-hybridized carbons (Fsp3) is 0.281. The molecule has 12 heteroatoms. The Morgan fingerprint density at radius 3 is 2.43 bits per heavy atom. The molecule has 0 unspecified atom stereocenters. The van der Waals surface area contributed by atoms with Crippen LogP contribution in [-0.2, 0) is 27.8 Å². The summed E-state index contributed by atoms with van der Waals surface area (Å²) in [6.45, 7) is 9.54. The van der Waals surface area contributed by atoms with E-state index in [1.807, 2.05) is 28.8 Å². The maximum Gasteiger partial charge on any atom is 0.254 e. The van der Waals surface area contributed by atoms with Crippen molar-refractivity contribution in [3.8, 4) is 28.8 Å². The first-order valence-electron chi connectivity index (χ1n) is 14.4. The molecule has 5 rings (SSSR count). The van der Waals surface area contributed by atoms with Gasteiger partial charge in [0.2, 0.25) is 0 Å². The number of nitrogens with zero attached hydrogens (tertiary/aromatic N) is 4. The Kier molecular flexibility index (Phi) is 9.04. The lowest BCUT2D eigenvalue weighted by molar-refractivity contribution is 0.0909. The minimum absolute atomic E-state index is 0.00147. The van der Waals surface area contributed by atoms with E-state index in [1.165, 1.54) is 29.0 Å². The molecule has 0 atom stereocenters. The number of fused-ring (bicyclic) bond motifs is 1. The van der Waals surface area contributed by atoms with E-state index < -0.39 is 17.9 Å². The van der Waals surface area contributed by atoms with Gasteiger partial charge in [-0.15, -0.1) is 0 Å². The van der Waals surface area contributed by atoms with Crippen LogP contribution in [0.5, 0.6) is 17.2 Å². The number of pyridine rings is 2. The molecular formula is C32H36N4O6SSi. The number of aromatic hydroxyl groups is 1. The molecule has 3 aromatic heterocycles. The molecule has 0 radical (unpaired) electrons. The largest absolute Gasteiger partial charge is 0.508 e. The molecule has 0 aliphatic heterocycles. The van der Waals surface area contributed by atoms with Crippen LogP contribution in [-0.4, -0.2) is 53.1 Å². The summed E-state index contributed by atoms with van der Waals surface area (Å²) in [6.07, 6.45) is 3.23. The van der Waals surface area contributed by atoms with Crippen molar-refractivity contribution < 1.29 is 23.0 Å². The molecule has 3 heterocycles. The molecule has 1 N–H and O–H groups in total. The lowest BCUT2D eigenvalue weighted by atomic mass is 10.1. The van der Waals surface area contributed by atoms with Crippen molar-refractivity contribution in [1.29, 1.82) is 0 Å². The smallest absolute Gasteiger partial charge is 0.254 e. The molecule has 230 valence electrons. The summed E-state index contributed by atoms with van der Waals surface area (Å²) < 4.78 is 40.5. The normalized spacial score (nSPS) is 12.1. The van der Waals surface area contributed by atoms with Crippen LogP contribution in [0.15, 0.2) is 88.8 Å². The first-order chi connectivity index (χ1) is 20.9. The molecule has 0 aliphatic rings. The number of hydrogen-bond donors (Lipinski definition) is 1. The summed E-state index contributed by atoms with van der Waals surface area (Å²) in [7, 11) is -4.66. The third-order valence-corrected chi connectivity index (χ3v) is 10.6. The molecule has 0 saturated heterocycles. The average Bonchev–Trinajstić information content (AvgIpc) is 3.34. The Morgan fingerprint density at radius 1 is 1.00 bits per heavy atom. The minimum atomic E-state index is -3.36. The predicted molar refractivity (Wildman–Crippen MR) is 173 cm³/mol. The van der Waals surface area contributed by atoms with E-state index in [0.717, 1.165) is 17.6 Å². The number of imidazole rings is 1. The van der Waals surface area contributed by atoms with E-state index in [9.17, 15) is 18.3 Å². The number of ether oxygens (including phenoxy) is 2. The molecule has 0 amide bonds. The summed E-state index contributed by atoms with van der Waals surface area (Å²) in [5.41, 5.74) is 2.40. The Morgan fingerprint density at radius 2 is 1.77 bits per heavy atom. The van der Waals surface area contributed by atoms with Crippen LogP contribution in [0.1, 0.15) is 12.5 Å². The van der Waals surface area contributed by atoms with Gasteiger partial charge < -0.3 is 19.1 Å². The van der Waals surface area contributed by atoms with Crippen LogP contribution in [0.3, 0.4) is 0 Å². The van der Waals surface area contributed by atoms with Gasteiger partial charge in [0, 0.05) is 44.8 Å². The Bertz CT molecular complexity index is 1930. The van der Waals surface area contributed by atoms with E-state index in [2.05, 4.69) is 24.6 Å². The van der Waals surface area contributed by atoms with E-state index in [1.54, 1.807) is 31.3 Å². The van der Waals surface area contributed by atoms with Gasteiger partial charge in [0.15, 0.2) is 15.7 Å². The maximum absolute atomic E-state index is 12.7. The second-order valence-electron chi connectivity index (χ2n) is 11.7. The lowest BCUT2D eigenvalue weighted by Crippen LogP contribution is -2.22. The highest BCUT2D eigenvalue weighted by Gasteiger charge is 2.20. The monoisotopic (exact) mass is 632 g/mol. The molecule has 10 nitrogen and oxygen atoms in total. The zero-order valence-corrected chi connectivity index (χ0v) is 27.0. The number of aromatic nitrogens is 4. The zero-order chi connectivity index (χ0) is 31.5. The summed E-state index contributed by atoms with van der Waals surface area (Å²) >= 11 is 0. The fourth-order valence-corrected chi connectivity index (χ4v) is 6.23. The highest BCUT2D eigenvalue weighted by atomic mass is 32.2. The zero-order valence-electron chi connectivity index (χ0n) is 25.2. The maximum atomic E-state index is 12.7. The lowest BCUT2D eigenvalue weighted by Gasteiger charge is -2.17. The second kappa shape index (κ2) is 12.8. The van der Waals surface area contributed by atoms with Gasteiger partial charge in [-0.05, 0) is 54.6 Å². The van der Waals surface area contributed by atoms with E-state index in [0.29, 0.717) is 40.7 Å². The molecular weight excluding hydrogens is 597 g/mol. The molecule has 0 bridgehead atoms. The first kappa shape index (κ1) is 31.2. The third kappa shape index (κ3) is 7.26. The van der Waals surface area contributed by atoms with Crippen LogP contribution < -0.4 is 10.3 Å². The molecule has 0 spiro atoms. The number of sulfone groups is 1. The fourth-order valence-electron chi connectivity index (χ4n) is 4.59. The molecule has 5 aromatic rings. The van der Waals surface area contributed by atoms with Crippen molar-refractivity contribution in [3.63, 3.8) is 0 Å². The van der Waals surface area contributed by atoms with Gasteiger partial charge in [-0.2, -0.15) is 0 Å². The van der Waals surface area contributed by atoms with Crippen molar-refractivity contribution in [2.24, 2.45) is 0 Å². The SMILES string of the molecule is CCS(=O)(=O)c1ccc(Oc2cc3nc(-c4ccccn4)n(COCC[Si](C)(C)C)c3cc2Cn2ccc(O)cc2=O)cc1. The summed E-state index contributed by atoms with van der Waals surface area (Å²) in [4.78, 5) is 22.4. The average molecular weight is 633 g/mol. The molecule has 0 aliphatic carbocycles. The van der Waals surface area contributed by atoms with Crippen LogP contribution in [0, 0.1) is 0 Å². The van der Waals surface area contributed by atoms with Crippen molar-refractivity contribution >= 4 is 28.9 Å². The number of benzene rings is 2. The number of rotatable bonds is 12. The van der Waals surface area contributed by atoms with Crippen LogP contribution in [0.2, 0.25) is 25.7 Å². The summed E-state index contributed by atoms with van der Waals surface area (Å²) in [5, 5.41) is 9.78. The minimum Gasteiger partial charge on any atom is -0.508 e. The van der Waals surface area contributed by atoms with Gasteiger partial charge in [0.05, 0.1) is 28.2 Å². The van der Waals surface area contributed by atoms with Crippen LogP contribution in [0.4, 0.5) is 0 Å². The third-order valence-electron chi connectivity index (χ3n) is 7.15. The summed E-state index contributed by atoms with van der Waals surface area (Å²) in [5.74, 6) is 1.39. The Balaban J connectivity index is 1.60. The predicted octanol–water partition coefficient (Wildman–Crippen LogP) is 5.91.